The van der Waals surface area contributed by atoms with Gasteiger partial charge in [-0.1, -0.05) is 35.3 Å². The Morgan fingerprint density at radius 1 is 1.24 bits per heavy atom. The summed E-state index contributed by atoms with van der Waals surface area (Å²) < 4.78 is 0. The van der Waals surface area contributed by atoms with Crippen molar-refractivity contribution in [3.05, 3.63) is 57.6 Å². The zero-order valence-electron chi connectivity index (χ0n) is 9.19. The molecule has 0 saturated carbocycles. The van der Waals surface area contributed by atoms with Crippen LogP contribution < -0.4 is 5.73 Å². The van der Waals surface area contributed by atoms with Crippen LogP contribution in [0.3, 0.4) is 0 Å². The molecule has 17 heavy (non-hydrogen) atoms. The van der Waals surface area contributed by atoms with Gasteiger partial charge in [0.05, 0.1) is 21.8 Å². The molecule has 1 aromatic carbocycles. The zero-order valence-corrected chi connectivity index (χ0v) is 10.7. The lowest BCUT2D eigenvalue weighted by Gasteiger charge is -2.14. The van der Waals surface area contributed by atoms with Gasteiger partial charge in [0.25, 0.3) is 0 Å². The van der Waals surface area contributed by atoms with Gasteiger partial charge < -0.3 is 5.73 Å². The molecular weight excluding hydrogens is 257 g/mol. The molecule has 0 radical (unpaired) electrons. The Kier molecular flexibility index (Phi) is 3.62. The van der Waals surface area contributed by atoms with Crippen LogP contribution in [-0.4, -0.2) is 9.97 Å². The number of nitrogens with zero attached hydrogens (tertiary/aromatic N) is 2. The van der Waals surface area contributed by atoms with E-state index in [1.165, 1.54) is 0 Å². The summed E-state index contributed by atoms with van der Waals surface area (Å²) in [6.45, 7) is 1.82. The molecule has 0 bridgehead atoms. The van der Waals surface area contributed by atoms with Crippen LogP contribution in [0.25, 0.3) is 0 Å². The Morgan fingerprint density at radius 2 is 2.00 bits per heavy atom. The Bertz CT molecular complexity index is 543. The number of aromatic nitrogens is 2. The van der Waals surface area contributed by atoms with E-state index in [2.05, 4.69) is 9.97 Å². The number of hydrogen-bond acceptors (Lipinski definition) is 3. The summed E-state index contributed by atoms with van der Waals surface area (Å²) in [7, 11) is 0. The van der Waals surface area contributed by atoms with Gasteiger partial charge in [0.2, 0.25) is 0 Å². The fourth-order valence-electron chi connectivity index (χ4n) is 1.57. The maximum absolute atomic E-state index is 6.12. The Balaban J connectivity index is 2.44. The lowest BCUT2D eigenvalue weighted by molar-refractivity contribution is 0.807. The van der Waals surface area contributed by atoms with Crippen molar-refractivity contribution in [3.8, 4) is 0 Å². The fourth-order valence-corrected chi connectivity index (χ4v) is 1.99. The quantitative estimate of drug-likeness (QED) is 0.910. The number of aryl methyl sites for hydroxylation is 1. The third-order valence-electron chi connectivity index (χ3n) is 2.43. The minimum absolute atomic E-state index is 0.400. The third-order valence-corrected chi connectivity index (χ3v) is 3.27. The molecule has 0 aliphatic carbocycles. The SMILES string of the molecule is Cc1nccc(C(N)c2cccc(Cl)c2Cl)n1. The van der Waals surface area contributed by atoms with E-state index in [1.807, 2.05) is 19.1 Å². The highest BCUT2D eigenvalue weighted by molar-refractivity contribution is 6.42. The third kappa shape index (κ3) is 2.57. The second kappa shape index (κ2) is 5.00. The molecule has 0 aliphatic heterocycles. The molecule has 3 nitrogen and oxygen atoms in total. The Labute approximate surface area is 110 Å². The van der Waals surface area contributed by atoms with Crippen molar-refractivity contribution in [2.75, 3.05) is 0 Å². The van der Waals surface area contributed by atoms with Gasteiger partial charge in [-0.2, -0.15) is 0 Å². The summed E-state index contributed by atoms with van der Waals surface area (Å²) in [4.78, 5) is 8.31. The van der Waals surface area contributed by atoms with Gasteiger partial charge in [0, 0.05) is 6.20 Å². The van der Waals surface area contributed by atoms with E-state index in [0.29, 0.717) is 15.9 Å². The first-order valence-corrected chi connectivity index (χ1v) is 5.84. The Hall–Kier alpha value is -1.16. The normalized spacial score (nSPS) is 12.5. The number of benzene rings is 1. The molecule has 5 heteroatoms. The van der Waals surface area contributed by atoms with E-state index in [9.17, 15) is 0 Å². The maximum Gasteiger partial charge on any atom is 0.125 e. The van der Waals surface area contributed by atoms with E-state index < -0.39 is 6.04 Å². The average molecular weight is 268 g/mol. The monoisotopic (exact) mass is 267 g/mol. The van der Waals surface area contributed by atoms with E-state index in [4.69, 9.17) is 28.9 Å². The average Bonchev–Trinajstić information content (AvgIpc) is 2.32. The molecule has 2 rings (SSSR count). The number of hydrogen-bond donors (Lipinski definition) is 1. The van der Waals surface area contributed by atoms with Crippen LogP contribution in [0.15, 0.2) is 30.5 Å². The number of halogens is 2. The van der Waals surface area contributed by atoms with Gasteiger partial charge in [0.1, 0.15) is 5.82 Å². The van der Waals surface area contributed by atoms with Crippen LogP contribution in [0.2, 0.25) is 10.0 Å². The van der Waals surface area contributed by atoms with Crippen molar-refractivity contribution in [1.29, 1.82) is 0 Å². The zero-order chi connectivity index (χ0) is 12.4. The first-order chi connectivity index (χ1) is 8.09. The maximum atomic E-state index is 6.12. The van der Waals surface area contributed by atoms with Gasteiger partial charge in [-0.15, -0.1) is 0 Å². The Morgan fingerprint density at radius 3 is 2.71 bits per heavy atom. The van der Waals surface area contributed by atoms with Crippen LogP contribution in [0, 0.1) is 6.92 Å². The second-order valence-electron chi connectivity index (χ2n) is 3.65. The predicted molar refractivity (Wildman–Crippen MR) is 69.3 cm³/mol. The summed E-state index contributed by atoms with van der Waals surface area (Å²) in [6.07, 6.45) is 1.68. The second-order valence-corrected chi connectivity index (χ2v) is 4.43. The minimum atomic E-state index is -0.400. The van der Waals surface area contributed by atoms with Crippen molar-refractivity contribution in [3.63, 3.8) is 0 Å². The molecule has 0 fully saturated rings. The predicted octanol–water partition coefficient (Wildman–Crippen LogP) is 3.14. The van der Waals surface area contributed by atoms with E-state index >= 15 is 0 Å². The molecule has 1 atom stereocenters. The molecule has 1 aromatic heterocycles. The van der Waals surface area contributed by atoms with Crippen LogP contribution in [0.4, 0.5) is 0 Å². The molecule has 0 saturated heterocycles. The smallest absolute Gasteiger partial charge is 0.125 e. The summed E-state index contributed by atoms with van der Waals surface area (Å²) in [6, 6.07) is 6.76. The molecule has 2 aromatic rings. The van der Waals surface area contributed by atoms with Crippen LogP contribution >= 0.6 is 23.2 Å². The number of rotatable bonds is 2. The molecule has 0 aliphatic rings. The van der Waals surface area contributed by atoms with Gasteiger partial charge in [0.15, 0.2) is 0 Å². The highest BCUT2D eigenvalue weighted by atomic mass is 35.5. The van der Waals surface area contributed by atoms with Crippen molar-refractivity contribution >= 4 is 23.2 Å². The molecule has 2 N–H and O–H groups in total. The van der Waals surface area contributed by atoms with Gasteiger partial charge in [-0.05, 0) is 24.6 Å². The summed E-state index contributed by atoms with van der Waals surface area (Å²) >= 11 is 12.1. The van der Waals surface area contributed by atoms with E-state index in [0.717, 1.165) is 11.3 Å². The van der Waals surface area contributed by atoms with Crippen LogP contribution in [0.1, 0.15) is 23.1 Å². The number of nitrogens with two attached hydrogens (primary N) is 1. The van der Waals surface area contributed by atoms with E-state index in [-0.39, 0.29) is 0 Å². The first-order valence-electron chi connectivity index (χ1n) is 5.08. The van der Waals surface area contributed by atoms with Gasteiger partial charge in [-0.25, -0.2) is 9.97 Å². The van der Waals surface area contributed by atoms with E-state index in [1.54, 1.807) is 18.3 Å². The van der Waals surface area contributed by atoms with Crippen molar-refractivity contribution in [2.24, 2.45) is 5.73 Å². The summed E-state index contributed by atoms with van der Waals surface area (Å²) in [5.74, 6) is 0.677. The molecule has 1 unspecified atom stereocenters. The molecular formula is C12H11Cl2N3. The minimum Gasteiger partial charge on any atom is -0.319 e. The van der Waals surface area contributed by atoms with Gasteiger partial charge in [-0.3, -0.25) is 0 Å². The lowest BCUT2D eigenvalue weighted by Crippen LogP contribution is -2.14. The topological polar surface area (TPSA) is 51.8 Å². The highest BCUT2D eigenvalue weighted by Gasteiger charge is 2.15. The summed E-state index contributed by atoms with van der Waals surface area (Å²) in [5, 5.41) is 0.961. The summed E-state index contributed by atoms with van der Waals surface area (Å²) in [5.41, 5.74) is 7.61. The standard InChI is InChI=1S/C12H11Cl2N3/c1-7-16-6-5-10(17-7)12(15)8-3-2-4-9(13)11(8)14/h2-6,12H,15H2,1H3. The molecule has 0 amide bonds. The largest absolute Gasteiger partial charge is 0.319 e. The van der Waals surface area contributed by atoms with Crippen molar-refractivity contribution in [2.45, 2.75) is 13.0 Å². The van der Waals surface area contributed by atoms with Crippen molar-refractivity contribution < 1.29 is 0 Å². The first kappa shape index (κ1) is 12.3. The lowest BCUT2D eigenvalue weighted by atomic mass is 10.0. The molecule has 1 heterocycles. The van der Waals surface area contributed by atoms with Gasteiger partial charge >= 0.3 is 0 Å². The van der Waals surface area contributed by atoms with Crippen molar-refractivity contribution in [1.82, 2.24) is 9.97 Å². The molecule has 88 valence electrons. The van der Waals surface area contributed by atoms with Crippen LogP contribution in [-0.2, 0) is 0 Å². The highest BCUT2D eigenvalue weighted by Crippen LogP contribution is 2.31. The fraction of sp³-hybridized carbons (Fsp3) is 0.167. The molecule has 0 spiro atoms. The van der Waals surface area contributed by atoms with Crippen LogP contribution in [0.5, 0.6) is 0 Å².